The first-order valence-corrected chi connectivity index (χ1v) is 5.84. The number of amides is 1. The Balaban J connectivity index is 2.53. The summed E-state index contributed by atoms with van der Waals surface area (Å²) in [6.45, 7) is 1.36. The lowest BCUT2D eigenvalue weighted by Crippen LogP contribution is -2.36. The second-order valence-corrected chi connectivity index (χ2v) is 5.13. The zero-order chi connectivity index (χ0) is 11.9. The summed E-state index contributed by atoms with van der Waals surface area (Å²) < 4.78 is 0.912. The van der Waals surface area contributed by atoms with Gasteiger partial charge in [0.2, 0.25) is 0 Å². The maximum absolute atomic E-state index is 11.7. The maximum Gasteiger partial charge on any atom is 0.261 e. The quantitative estimate of drug-likeness (QED) is 0.806. The minimum absolute atomic E-state index is 0.189. The first-order valence-electron chi connectivity index (χ1n) is 4.77. The molecule has 1 amide bonds. The highest BCUT2D eigenvalue weighted by Crippen LogP contribution is 2.39. The number of Topliss-reactive ketones (excluding diaryl/α,β-unsaturated/α-hetero) is 1. The molecular formula is C11H10INO3. The average Bonchev–Trinajstić information content (AvgIpc) is 2.40. The summed E-state index contributed by atoms with van der Waals surface area (Å²) in [5.41, 5.74) is -0.642. The summed E-state index contributed by atoms with van der Waals surface area (Å²) in [4.78, 5) is 22.8. The fraction of sp³-hybridized carbons (Fsp3) is 0.273. The standard InChI is InChI=1S/C11H10INO3/c1-6(14)5-11(16)8-4-7(12)2-3-9(8)13-10(11)15/h2-4,16H,5H2,1H3,(H,13,15). The Bertz CT molecular complexity index is 486. The summed E-state index contributed by atoms with van der Waals surface area (Å²) in [5.74, 6) is -0.746. The third-order valence-electron chi connectivity index (χ3n) is 2.56. The Morgan fingerprint density at radius 3 is 2.88 bits per heavy atom. The van der Waals surface area contributed by atoms with Gasteiger partial charge in [0, 0.05) is 21.2 Å². The van der Waals surface area contributed by atoms with E-state index in [0.717, 1.165) is 3.57 Å². The molecule has 4 nitrogen and oxygen atoms in total. The molecule has 84 valence electrons. The predicted octanol–water partition coefficient (Wildman–Crippen LogP) is 1.41. The number of halogens is 1. The summed E-state index contributed by atoms with van der Waals surface area (Å²) in [5, 5.41) is 12.8. The molecule has 0 aliphatic carbocycles. The number of fused-ring (bicyclic) bond motifs is 1. The van der Waals surface area contributed by atoms with Crippen molar-refractivity contribution in [1.82, 2.24) is 0 Å². The summed E-state index contributed by atoms with van der Waals surface area (Å²) in [6.07, 6.45) is -0.189. The number of benzene rings is 1. The van der Waals surface area contributed by atoms with Crippen molar-refractivity contribution in [2.24, 2.45) is 0 Å². The summed E-state index contributed by atoms with van der Waals surface area (Å²) >= 11 is 2.10. The molecule has 2 N–H and O–H groups in total. The van der Waals surface area contributed by atoms with E-state index >= 15 is 0 Å². The van der Waals surface area contributed by atoms with Gasteiger partial charge in [-0.1, -0.05) is 0 Å². The Morgan fingerprint density at radius 1 is 1.56 bits per heavy atom. The van der Waals surface area contributed by atoms with Crippen LogP contribution in [0.1, 0.15) is 18.9 Å². The van der Waals surface area contributed by atoms with Crippen LogP contribution in [-0.4, -0.2) is 16.8 Å². The van der Waals surface area contributed by atoms with Gasteiger partial charge < -0.3 is 10.4 Å². The predicted molar refractivity (Wildman–Crippen MR) is 67.0 cm³/mol. The number of carbonyl (C=O) groups excluding carboxylic acids is 2. The minimum Gasteiger partial charge on any atom is -0.375 e. The van der Waals surface area contributed by atoms with Gasteiger partial charge in [0.1, 0.15) is 5.78 Å². The van der Waals surface area contributed by atoms with Gasteiger partial charge in [0.25, 0.3) is 5.91 Å². The number of hydrogen-bond acceptors (Lipinski definition) is 3. The van der Waals surface area contributed by atoms with Gasteiger partial charge >= 0.3 is 0 Å². The lowest BCUT2D eigenvalue weighted by molar-refractivity contribution is -0.139. The van der Waals surface area contributed by atoms with Crippen LogP contribution in [0.4, 0.5) is 5.69 Å². The highest BCUT2D eigenvalue weighted by atomic mass is 127. The Kier molecular flexibility index (Phi) is 2.75. The van der Waals surface area contributed by atoms with Crippen molar-refractivity contribution < 1.29 is 14.7 Å². The number of carbonyl (C=O) groups is 2. The molecule has 5 heteroatoms. The van der Waals surface area contributed by atoms with Crippen LogP contribution in [0.25, 0.3) is 0 Å². The third-order valence-corrected chi connectivity index (χ3v) is 3.23. The number of aliphatic hydroxyl groups is 1. The fourth-order valence-electron chi connectivity index (χ4n) is 1.85. The first kappa shape index (κ1) is 11.5. The molecule has 1 atom stereocenters. The third kappa shape index (κ3) is 1.73. The van der Waals surface area contributed by atoms with Crippen molar-refractivity contribution in [3.05, 3.63) is 27.3 Å². The van der Waals surface area contributed by atoms with E-state index in [4.69, 9.17) is 0 Å². The van der Waals surface area contributed by atoms with Crippen LogP contribution in [0.5, 0.6) is 0 Å². The fourth-order valence-corrected chi connectivity index (χ4v) is 2.34. The van der Waals surface area contributed by atoms with E-state index < -0.39 is 11.5 Å². The molecule has 1 aromatic rings. The molecule has 0 aromatic heterocycles. The van der Waals surface area contributed by atoms with E-state index in [2.05, 4.69) is 27.9 Å². The van der Waals surface area contributed by atoms with Gasteiger partial charge in [0.05, 0.1) is 0 Å². The first-order chi connectivity index (χ1) is 7.43. The summed E-state index contributed by atoms with van der Waals surface area (Å²) in [7, 11) is 0. The molecule has 2 rings (SSSR count). The van der Waals surface area contributed by atoms with E-state index in [1.807, 2.05) is 6.07 Å². The molecule has 0 spiro atoms. The van der Waals surface area contributed by atoms with Crippen LogP contribution < -0.4 is 5.32 Å². The molecule has 1 heterocycles. The SMILES string of the molecule is CC(=O)CC1(O)C(=O)Nc2ccc(I)cc21. The maximum atomic E-state index is 11.7. The van der Waals surface area contributed by atoms with E-state index in [-0.39, 0.29) is 12.2 Å². The number of nitrogens with one attached hydrogen (secondary N) is 1. The lowest BCUT2D eigenvalue weighted by atomic mass is 9.90. The molecule has 0 bridgehead atoms. The minimum atomic E-state index is -1.71. The number of anilines is 1. The number of rotatable bonds is 2. The van der Waals surface area contributed by atoms with Gasteiger partial charge in [-0.05, 0) is 47.7 Å². The van der Waals surface area contributed by atoms with Crippen molar-refractivity contribution in [2.45, 2.75) is 18.9 Å². The largest absolute Gasteiger partial charge is 0.375 e. The molecule has 0 saturated heterocycles. The van der Waals surface area contributed by atoms with Gasteiger partial charge in [-0.2, -0.15) is 0 Å². The molecule has 16 heavy (non-hydrogen) atoms. The lowest BCUT2D eigenvalue weighted by Gasteiger charge is -2.19. The van der Waals surface area contributed by atoms with E-state index in [1.54, 1.807) is 12.1 Å². The highest BCUT2D eigenvalue weighted by molar-refractivity contribution is 14.1. The second kappa shape index (κ2) is 3.81. The smallest absolute Gasteiger partial charge is 0.261 e. The van der Waals surface area contributed by atoms with Crippen molar-refractivity contribution in [2.75, 3.05) is 5.32 Å². The van der Waals surface area contributed by atoms with Crippen molar-refractivity contribution in [3.8, 4) is 0 Å². The van der Waals surface area contributed by atoms with Gasteiger partial charge in [-0.15, -0.1) is 0 Å². The van der Waals surface area contributed by atoms with Crippen LogP contribution >= 0.6 is 22.6 Å². The summed E-state index contributed by atoms with van der Waals surface area (Å²) in [6, 6.07) is 5.28. The van der Waals surface area contributed by atoms with Crippen LogP contribution in [0.2, 0.25) is 0 Å². The molecule has 1 aromatic carbocycles. The molecular weight excluding hydrogens is 321 g/mol. The van der Waals surface area contributed by atoms with Crippen molar-refractivity contribution in [1.29, 1.82) is 0 Å². The average molecular weight is 331 g/mol. The topological polar surface area (TPSA) is 66.4 Å². The molecule has 0 fully saturated rings. The Morgan fingerprint density at radius 2 is 2.25 bits per heavy atom. The molecule has 0 saturated carbocycles. The van der Waals surface area contributed by atoms with Gasteiger partial charge in [-0.3, -0.25) is 9.59 Å². The zero-order valence-electron chi connectivity index (χ0n) is 8.58. The number of ketones is 1. The molecule has 1 aliphatic heterocycles. The highest BCUT2D eigenvalue weighted by Gasteiger charge is 2.46. The van der Waals surface area contributed by atoms with Gasteiger partial charge in [0.15, 0.2) is 5.60 Å². The molecule has 1 unspecified atom stereocenters. The zero-order valence-corrected chi connectivity index (χ0v) is 10.7. The monoisotopic (exact) mass is 331 g/mol. The van der Waals surface area contributed by atoms with E-state index in [9.17, 15) is 14.7 Å². The molecule has 0 radical (unpaired) electrons. The van der Waals surface area contributed by atoms with Crippen LogP contribution in [0.15, 0.2) is 18.2 Å². The van der Waals surface area contributed by atoms with Crippen LogP contribution in [0, 0.1) is 3.57 Å². The number of hydrogen-bond donors (Lipinski definition) is 2. The van der Waals surface area contributed by atoms with Crippen LogP contribution in [0.3, 0.4) is 0 Å². The van der Waals surface area contributed by atoms with Crippen molar-refractivity contribution >= 4 is 40.0 Å². The normalized spacial score (nSPS) is 22.8. The van der Waals surface area contributed by atoms with Crippen LogP contribution in [-0.2, 0) is 15.2 Å². The molecule has 1 aliphatic rings. The second-order valence-electron chi connectivity index (χ2n) is 3.88. The van der Waals surface area contributed by atoms with E-state index in [0.29, 0.717) is 11.3 Å². The van der Waals surface area contributed by atoms with Crippen molar-refractivity contribution in [3.63, 3.8) is 0 Å². The Labute approximate surface area is 106 Å². The van der Waals surface area contributed by atoms with E-state index in [1.165, 1.54) is 6.92 Å². The Hall–Kier alpha value is -0.950. The van der Waals surface area contributed by atoms with Gasteiger partial charge in [-0.25, -0.2) is 0 Å².